The number of piperazine rings is 1. The van der Waals surface area contributed by atoms with Crippen LogP contribution in [0.4, 0.5) is 10.7 Å². The zero-order chi connectivity index (χ0) is 18.8. The van der Waals surface area contributed by atoms with Gasteiger partial charge in [-0.3, -0.25) is 9.84 Å². The molecule has 0 unspecified atom stereocenters. The highest BCUT2D eigenvalue weighted by molar-refractivity contribution is 7.86. The van der Waals surface area contributed by atoms with Crippen LogP contribution in [0, 0.1) is 0 Å². The van der Waals surface area contributed by atoms with Crippen molar-refractivity contribution in [3.63, 3.8) is 0 Å². The Kier molecular flexibility index (Phi) is 5.54. The minimum Gasteiger partial charge on any atom is -0.450 e. The molecule has 0 bridgehead atoms. The minimum atomic E-state index is -3.48. The number of hydrogen-bond acceptors (Lipinski definition) is 7. The van der Waals surface area contributed by atoms with Gasteiger partial charge in [0.2, 0.25) is 5.27 Å². The fourth-order valence-corrected chi connectivity index (χ4v) is 3.84. The van der Waals surface area contributed by atoms with Crippen LogP contribution in [0.15, 0.2) is 10.7 Å². The van der Waals surface area contributed by atoms with Crippen molar-refractivity contribution in [3.05, 3.63) is 6.20 Å². The molecule has 142 valence electrons. The van der Waals surface area contributed by atoms with E-state index in [2.05, 4.69) is 10.6 Å². The predicted molar refractivity (Wildman–Crippen MR) is 88.7 cm³/mol. The summed E-state index contributed by atoms with van der Waals surface area (Å²) >= 11 is 0. The van der Waals surface area contributed by atoms with Gasteiger partial charge in [-0.15, -0.1) is 5.01 Å². The standard InChI is InChI=1S/C13H24N6O5S/c1-6-23-12(20)14-11-9-19(15-24-11)18-8-7-17(10-13(18,2)3)25(21,22)16(4)5/h9H,6-8,10H2,1-5H3/p+1. The molecule has 1 aliphatic rings. The molecule has 11 nitrogen and oxygen atoms in total. The first kappa shape index (κ1) is 19.4. The quantitative estimate of drug-likeness (QED) is 0.680. The van der Waals surface area contributed by atoms with Crippen molar-refractivity contribution in [2.45, 2.75) is 26.3 Å². The van der Waals surface area contributed by atoms with E-state index in [9.17, 15) is 13.2 Å². The van der Waals surface area contributed by atoms with Crippen molar-refractivity contribution >= 4 is 22.2 Å². The van der Waals surface area contributed by atoms with Crippen molar-refractivity contribution in [1.29, 1.82) is 0 Å². The fourth-order valence-electron chi connectivity index (χ4n) is 2.58. The average molecular weight is 377 g/mol. The van der Waals surface area contributed by atoms with Gasteiger partial charge in [0.15, 0.2) is 0 Å². The molecular formula is C13H25N6O5S+. The number of carbonyl (C=O) groups excluding carboxylic acids is 1. The number of hydrogen-bond donors (Lipinski definition) is 1. The summed E-state index contributed by atoms with van der Waals surface area (Å²) in [5.41, 5.74) is -0.538. The lowest BCUT2D eigenvalue weighted by atomic mass is 10.0. The Balaban J connectivity index is 2.12. The molecule has 1 amide bonds. The predicted octanol–water partition coefficient (Wildman–Crippen LogP) is -0.631. The Hall–Kier alpha value is -1.92. The maximum atomic E-state index is 12.3. The maximum Gasteiger partial charge on any atom is 0.414 e. The Bertz CT molecular complexity index is 716. The molecule has 1 fully saturated rings. The summed E-state index contributed by atoms with van der Waals surface area (Å²) in [4.78, 5) is 12.9. The van der Waals surface area contributed by atoms with Gasteiger partial charge in [-0.2, -0.15) is 17.0 Å². The van der Waals surface area contributed by atoms with Gasteiger partial charge in [0.05, 0.1) is 17.9 Å². The largest absolute Gasteiger partial charge is 0.450 e. The molecule has 1 aromatic heterocycles. The van der Waals surface area contributed by atoms with E-state index in [1.165, 1.54) is 33.7 Å². The topological polar surface area (TPSA) is 112 Å². The van der Waals surface area contributed by atoms with Crippen LogP contribution >= 0.6 is 0 Å². The minimum absolute atomic E-state index is 0.137. The Labute approximate surface area is 147 Å². The number of amides is 1. The Morgan fingerprint density at radius 1 is 1.48 bits per heavy atom. The van der Waals surface area contributed by atoms with E-state index < -0.39 is 21.8 Å². The van der Waals surface area contributed by atoms with Crippen LogP contribution in [-0.4, -0.2) is 74.3 Å². The molecule has 0 aromatic carbocycles. The van der Waals surface area contributed by atoms with Crippen LogP contribution < -0.4 is 15.1 Å². The van der Waals surface area contributed by atoms with Gasteiger partial charge in [-0.05, 0) is 20.8 Å². The highest BCUT2D eigenvalue weighted by atomic mass is 32.2. The second-order valence-electron chi connectivity index (χ2n) is 6.39. The van der Waals surface area contributed by atoms with E-state index in [1.54, 1.807) is 6.92 Å². The molecule has 0 radical (unpaired) electrons. The van der Waals surface area contributed by atoms with E-state index in [0.29, 0.717) is 13.1 Å². The van der Waals surface area contributed by atoms with Gasteiger partial charge >= 0.3 is 12.0 Å². The third-order valence-electron chi connectivity index (χ3n) is 3.81. The smallest absolute Gasteiger partial charge is 0.414 e. The first-order chi connectivity index (χ1) is 11.6. The molecule has 25 heavy (non-hydrogen) atoms. The van der Waals surface area contributed by atoms with E-state index in [1.807, 2.05) is 18.9 Å². The van der Waals surface area contributed by atoms with Crippen molar-refractivity contribution in [3.8, 4) is 0 Å². The molecule has 0 atom stereocenters. The third kappa shape index (κ3) is 4.19. The number of nitrogens with one attached hydrogen (secondary N) is 1. The summed E-state index contributed by atoms with van der Waals surface area (Å²) in [6, 6.07) is 0. The van der Waals surface area contributed by atoms with Crippen LogP contribution in [-0.2, 0) is 14.9 Å². The zero-order valence-electron chi connectivity index (χ0n) is 15.1. The monoisotopic (exact) mass is 377 g/mol. The number of aromatic nitrogens is 2. The van der Waals surface area contributed by atoms with E-state index >= 15 is 0 Å². The van der Waals surface area contributed by atoms with E-state index in [-0.39, 0.29) is 19.0 Å². The summed E-state index contributed by atoms with van der Waals surface area (Å²) < 4.78 is 37.2. The summed E-state index contributed by atoms with van der Waals surface area (Å²) in [6.45, 7) is 6.77. The summed E-state index contributed by atoms with van der Waals surface area (Å²) in [7, 11) is -0.464. The van der Waals surface area contributed by atoms with Gasteiger partial charge in [0.25, 0.3) is 16.4 Å². The van der Waals surface area contributed by atoms with Gasteiger partial charge < -0.3 is 4.74 Å². The van der Waals surface area contributed by atoms with Gasteiger partial charge in [-0.1, -0.05) is 0 Å². The molecule has 0 spiro atoms. The summed E-state index contributed by atoms with van der Waals surface area (Å²) in [5, 5.41) is 8.19. The molecule has 0 saturated carbocycles. The molecule has 0 aliphatic carbocycles. The van der Waals surface area contributed by atoms with Crippen LogP contribution in [0.3, 0.4) is 0 Å². The van der Waals surface area contributed by atoms with Crippen LogP contribution in [0.25, 0.3) is 0 Å². The molecule has 1 aromatic rings. The molecular weight excluding hydrogens is 352 g/mol. The van der Waals surface area contributed by atoms with E-state index in [0.717, 1.165) is 0 Å². The highest BCUT2D eigenvalue weighted by Crippen LogP contribution is 2.20. The summed E-state index contributed by atoms with van der Waals surface area (Å²) in [5.74, 6) is 0.137. The number of nitrogens with zero attached hydrogens (tertiary/aromatic N) is 5. The Morgan fingerprint density at radius 2 is 2.16 bits per heavy atom. The van der Waals surface area contributed by atoms with Crippen molar-refractivity contribution in [1.82, 2.24) is 13.9 Å². The van der Waals surface area contributed by atoms with Gasteiger partial charge in [0.1, 0.15) is 5.54 Å². The molecule has 12 heteroatoms. The first-order valence-electron chi connectivity index (χ1n) is 7.86. The maximum absolute atomic E-state index is 12.3. The van der Waals surface area contributed by atoms with Gasteiger partial charge in [-0.25, -0.2) is 4.79 Å². The highest BCUT2D eigenvalue weighted by Gasteiger charge is 2.44. The fraction of sp³-hybridized carbons (Fsp3) is 0.769. The SMILES string of the molecule is CCOC(=O)Nc1c[n+](N2CCN(S(=O)(=O)N(C)C)CC2(C)C)no1. The molecule has 1 N–H and O–H groups in total. The van der Waals surface area contributed by atoms with Crippen LogP contribution in [0.2, 0.25) is 0 Å². The second-order valence-corrected chi connectivity index (χ2v) is 8.53. The second kappa shape index (κ2) is 7.14. The number of rotatable bonds is 5. The van der Waals surface area contributed by atoms with Crippen molar-refractivity contribution in [2.24, 2.45) is 0 Å². The van der Waals surface area contributed by atoms with Crippen LogP contribution in [0.5, 0.6) is 0 Å². The Morgan fingerprint density at radius 3 is 2.72 bits per heavy atom. The summed E-state index contributed by atoms with van der Waals surface area (Å²) in [6.07, 6.45) is 0.876. The first-order valence-corrected chi connectivity index (χ1v) is 9.25. The number of anilines is 1. The number of ether oxygens (including phenoxy) is 1. The average Bonchev–Trinajstić information content (AvgIpc) is 2.94. The molecule has 1 saturated heterocycles. The molecule has 1 aliphatic heterocycles. The lowest BCUT2D eigenvalue weighted by molar-refractivity contribution is -0.766. The lowest BCUT2D eigenvalue weighted by Gasteiger charge is -2.41. The lowest BCUT2D eigenvalue weighted by Crippen LogP contribution is -2.75. The molecule has 2 heterocycles. The van der Waals surface area contributed by atoms with E-state index in [4.69, 9.17) is 9.26 Å². The van der Waals surface area contributed by atoms with Crippen molar-refractivity contribution < 1.29 is 27.3 Å². The zero-order valence-corrected chi connectivity index (χ0v) is 15.9. The van der Waals surface area contributed by atoms with Gasteiger partial charge in [0, 0.05) is 27.2 Å². The normalized spacial score (nSPS) is 18.4. The van der Waals surface area contributed by atoms with Crippen molar-refractivity contribution in [2.75, 3.05) is 50.7 Å². The molecule has 2 rings (SSSR count). The number of carbonyl (C=O) groups is 1. The third-order valence-corrected chi connectivity index (χ3v) is 5.70. The van der Waals surface area contributed by atoms with Crippen LogP contribution in [0.1, 0.15) is 20.8 Å².